The fourth-order valence-corrected chi connectivity index (χ4v) is 4.47. The lowest BCUT2D eigenvalue weighted by atomic mass is 9.82. The van der Waals surface area contributed by atoms with Crippen molar-refractivity contribution in [1.29, 1.82) is 0 Å². The summed E-state index contributed by atoms with van der Waals surface area (Å²) in [6.07, 6.45) is 3.86. The van der Waals surface area contributed by atoms with Gasteiger partial charge in [0.05, 0.1) is 12.6 Å². The summed E-state index contributed by atoms with van der Waals surface area (Å²) in [5.41, 5.74) is 1.88. The van der Waals surface area contributed by atoms with Gasteiger partial charge in [0.1, 0.15) is 5.75 Å². The number of carbonyl (C=O) groups is 2. The molecule has 2 aromatic rings. The van der Waals surface area contributed by atoms with Crippen LogP contribution in [-0.2, 0) is 0 Å². The minimum atomic E-state index is -0.527. The maximum Gasteiger partial charge on any atom is 0.273 e. The Morgan fingerprint density at radius 1 is 1.03 bits per heavy atom. The Hall–Kier alpha value is -3.21. The summed E-state index contributed by atoms with van der Waals surface area (Å²) in [4.78, 5) is 28.8. The lowest BCUT2D eigenvalue weighted by Crippen LogP contribution is -2.54. The van der Waals surface area contributed by atoms with Crippen molar-refractivity contribution in [3.8, 4) is 5.75 Å². The lowest BCUT2D eigenvalue weighted by molar-refractivity contribution is -0.538. The first-order valence-electron chi connectivity index (χ1n) is 10.0. The van der Waals surface area contributed by atoms with Crippen molar-refractivity contribution in [3.63, 3.8) is 0 Å². The highest BCUT2D eigenvalue weighted by Crippen LogP contribution is 2.32. The van der Waals surface area contributed by atoms with E-state index in [0.29, 0.717) is 17.7 Å². The average molecular weight is 389 g/mol. The SMILES string of the molecule is CC[N+]1=C(/C=C/c2cccc(O)c2)N(C(C)C)C2C(=O)c3ccccc3C(=O)C21. The van der Waals surface area contributed by atoms with Crippen LogP contribution in [0.15, 0.2) is 54.6 Å². The maximum absolute atomic E-state index is 13.4. The minimum Gasteiger partial charge on any atom is -0.508 e. The van der Waals surface area contributed by atoms with E-state index < -0.39 is 12.1 Å². The molecule has 0 amide bonds. The molecule has 2 unspecified atom stereocenters. The molecule has 29 heavy (non-hydrogen) atoms. The van der Waals surface area contributed by atoms with Gasteiger partial charge in [0.25, 0.3) is 5.84 Å². The van der Waals surface area contributed by atoms with E-state index in [-0.39, 0.29) is 23.4 Å². The van der Waals surface area contributed by atoms with E-state index in [1.165, 1.54) is 0 Å². The van der Waals surface area contributed by atoms with Gasteiger partial charge in [-0.25, -0.2) is 9.48 Å². The fourth-order valence-electron chi connectivity index (χ4n) is 4.47. The van der Waals surface area contributed by atoms with Gasteiger partial charge in [-0.2, -0.15) is 0 Å². The summed E-state index contributed by atoms with van der Waals surface area (Å²) in [5.74, 6) is 1.05. The van der Waals surface area contributed by atoms with Crippen LogP contribution in [0.3, 0.4) is 0 Å². The van der Waals surface area contributed by atoms with Crippen LogP contribution in [0.25, 0.3) is 6.08 Å². The predicted octanol–water partition coefficient (Wildman–Crippen LogP) is 3.38. The molecule has 0 aromatic heterocycles. The van der Waals surface area contributed by atoms with Gasteiger partial charge in [0.2, 0.25) is 23.7 Å². The number of likely N-dealkylation sites (N-methyl/N-ethyl adjacent to an activating group) is 1. The second-order valence-electron chi connectivity index (χ2n) is 7.74. The van der Waals surface area contributed by atoms with E-state index in [1.54, 1.807) is 30.3 Å². The van der Waals surface area contributed by atoms with Gasteiger partial charge in [0, 0.05) is 17.2 Å². The number of hydrogen-bond acceptors (Lipinski definition) is 4. The standard InChI is InChI=1S/C24H24N2O3/c1-4-25-20(13-12-16-8-7-9-17(27)14-16)26(15(2)3)22-21(25)23(28)18-10-5-6-11-19(18)24(22)29/h5-15,21-22H,4H2,1-3H3/p+1/b13-12+. The molecule has 0 bridgehead atoms. The van der Waals surface area contributed by atoms with Crippen LogP contribution in [0.5, 0.6) is 5.75 Å². The molecule has 1 N–H and O–H groups in total. The number of phenols is 1. The van der Waals surface area contributed by atoms with Crippen LogP contribution in [0.4, 0.5) is 0 Å². The molecule has 5 nitrogen and oxygen atoms in total. The number of fused-ring (bicyclic) bond motifs is 2. The van der Waals surface area contributed by atoms with E-state index in [2.05, 4.69) is 4.90 Å². The van der Waals surface area contributed by atoms with Gasteiger partial charge in [-0.05, 0) is 44.5 Å². The number of nitrogens with zero attached hydrogens (tertiary/aromatic N) is 2. The van der Waals surface area contributed by atoms with Crippen LogP contribution in [0, 0.1) is 0 Å². The number of aromatic hydroxyl groups is 1. The maximum atomic E-state index is 13.4. The number of amidine groups is 1. The largest absolute Gasteiger partial charge is 0.508 e. The van der Waals surface area contributed by atoms with Gasteiger partial charge < -0.3 is 5.11 Å². The van der Waals surface area contributed by atoms with Crippen LogP contribution in [0.1, 0.15) is 47.1 Å². The smallest absolute Gasteiger partial charge is 0.273 e. The normalized spacial score (nSPS) is 21.3. The molecule has 1 aliphatic heterocycles. The molecule has 2 aliphatic rings. The van der Waals surface area contributed by atoms with E-state index in [4.69, 9.17) is 0 Å². The first-order chi connectivity index (χ1) is 13.9. The molecule has 1 heterocycles. The topological polar surface area (TPSA) is 60.6 Å². The lowest BCUT2D eigenvalue weighted by Gasteiger charge is -2.28. The van der Waals surface area contributed by atoms with Crippen molar-refractivity contribution < 1.29 is 19.3 Å². The third kappa shape index (κ3) is 3.07. The van der Waals surface area contributed by atoms with Gasteiger partial charge in [-0.3, -0.25) is 9.59 Å². The first kappa shape index (κ1) is 19.1. The van der Waals surface area contributed by atoms with Gasteiger partial charge in [0.15, 0.2) is 0 Å². The molecule has 1 aliphatic carbocycles. The second kappa shape index (κ2) is 7.32. The zero-order chi connectivity index (χ0) is 20.7. The minimum absolute atomic E-state index is 0.00143. The molecule has 2 aromatic carbocycles. The van der Waals surface area contributed by atoms with Gasteiger partial charge in [-0.1, -0.05) is 36.4 Å². The van der Waals surface area contributed by atoms with Crippen molar-refractivity contribution in [3.05, 3.63) is 71.3 Å². The second-order valence-corrected chi connectivity index (χ2v) is 7.74. The van der Waals surface area contributed by atoms with Gasteiger partial charge in [-0.15, -0.1) is 0 Å². The molecule has 2 atom stereocenters. The van der Waals surface area contributed by atoms with E-state index in [0.717, 1.165) is 11.4 Å². The summed E-state index contributed by atoms with van der Waals surface area (Å²) < 4.78 is 2.03. The molecule has 0 fully saturated rings. The van der Waals surface area contributed by atoms with Crippen LogP contribution in [0.2, 0.25) is 0 Å². The monoisotopic (exact) mass is 389 g/mol. The zero-order valence-electron chi connectivity index (χ0n) is 16.9. The number of ketones is 2. The zero-order valence-corrected chi connectivity index (χ0v) is 16.9. The molecular formula is C24H25N2O3+. The molecule has 0 saturated carbocycles. The Balaban J connectivity index is 1.83. The highest BCUT2D eigenvalue weighted by molar-refractivity contribution is 6.20. The Kier molecular flexibility index (Phi) is 4.82. The average Bonchev–Trinajstić information content (AvgIpc) is 3.05. The van der Waals surface area contributed by atoms with Crippen molar-refractivity contribution in [2.45, 2.75) is 38.9 Å². The Labute approximate surface area is 170 Å². The third-order valence-electron chi connectivity index (χ3n) is 5.68. The molecule has 5 heteroatoms. The van der Waals surface area contributed by atoms with E-state index >= 15 is 0 Å². The number of benzene rings is 2. The molecule has 0 radical (unpaired) electrons. The summed E-state index contributed by atoms with van der Waals surface area (Å²) in [7, 11) is 0. The fraction of sp³-hybridized carbons (Fsp3) is 0.292. The molecule has 4 rings (SSSR count). The Bertz CT molecular complexity index is 1050. The van der Waals surface area contributed by atoms with Crippen molar-refractivity contribution in [1.82, 2.24) is 4.90 Å². The molecule has 148 valence electrons. The summed E-state index contributed by atoms with van der Waals surface area (Å²) >= 11 is 0. The van der Waals surface area contributed by atoms with Crippen molar-refractivity contribution >= 4 is 23.5 Å². The highest BCUT2D eigenvalue weighted by Gasteiger charge is 2.58. The van der Waals surface area contributed by atoms with Crippen LogP contribution >= 0.6 is 0 Å². The van der Waals surface area contributed by atoms with Crippen molar-refractivity contribution in [2.24, 2.45) is 0 Å². The number of hydrogen-bond donors (Lipinski definition) is 1. The van der Waals surface area contributed by atoms with Crippen LogP contribution in [-0.4, -0.2) is 56.7 Å². The Morgan fingerprint density at radius 3 is 2.34 bits per heavy atom. The number of Topliss-reactive ketones (excluding diaryl/α,β-unsaturated/α-hetero) is 2. The number of phenolic OH excluding ortho intramolecular Hbond substituents is 1. The van der Waals surface area contributed by atoms with E-state index in [1.807, 2.05) is 55.7 Å². The third-order valence-corrected chi connectivity index (χ3v) is 5.68. The quantitative estimate of drug-likeness (QED) is 0.815. The predicted molar refractivity (Wildman–Crippen MR) is 113 cm³/mol. The summed E-state index contributed by atoms with van der Waals surface area (Å²) in [6.45, 7) is 6.69. The number of carbonyl (C=O) groups excluding carboxylic acids is 2. The summed E-state index contributed by atoms with van der Waals surface area (Å²) in [5, 5.41) is 9.73. The van der Waals surface area contributed by atoms with Gasteiger partial charge >= 0.3 is 0 Å². The number of rotatable bonds is 4. The van der Waals surface area contributed by atoms with E-state index in [9.17, 15) is 14.7 Å². The van der Waals surface area contributed by atoms with Crippen LogP contribution < -0.4 is 0 Å². The highest BCUT2D eigenvalue weighted by atomic mass is 16.3. The summed E-state index contributed by atoms with van der Waals surface area (Å²) in [6, 6.07) is 13.1. The Morgan fingerprint density at radius 2 is 1.72 bits per heavy atom. The first-order valence-corrected chi connectivity index (χ1v) is 10.0. The molecular weight excluding hydrogens is 364 g/mol. The molecule has 0 saturated heterocycles. The van der Waals surface area contributed by atoms with Crippen molar-refractivity contribution in [2.75, 3.05) is 6.54 Å². The molecule has 0 spiro atoms.